The Hall–Kier alpha value is -0.340. The van der Waals surface area contributed by atoms with Crippen molar-refractivity contribution in [1.29, 1.82) is 0 Å². The largest absolute Gasteiger partial charge is 0.323 e. The van der Waals surface area contributed by atoms with Crippen LogP contribution in [0.4, 0.5) is 0 Å². The minimum Gasteiger partial charge on any atom is -0.323 e. The van der Waals surface area contributed by atoms with Crippen LogP contribution in [-0.2, 0) is 12.8 Å². The lowest BCUT2D eigenvalue weighted by atomic mass is 10.1. The molecule has 3 rings (SSSR count). The minimum atomic E-state index is 0.332. The lowest BCUT2D eigenvalue weighted by molar-refractivity contribution is 0.605. The Labute approximate surface area is 89.3 Å². The van der Waals surface area contributed by atoms with Crippen molar-refractivity contribution >= 4 is 11.3 Å². The number of hydrogen-bond acceptors (Lipinski definition) is 2. The molecule has 0 radical (unpaired) electrons. The summed E-state index contributed by atoms with van der Waals surface area (Å²) < 4.78 is 0. The highest BCUT2D eigenvalue weighted by molar-refractivity contribution is 7.12. The van der Waals surface area contributed by atoms with Gasteiger partial charge in [-0.05, 0) is 43.2 Å². The van der Waals surface area contributed by atoms with Gasteiger partial charge in [-0.2, -0.15) is 0 Å². The molecule has 1 saturated carbocycles. The second kappa shape index (κ2) is 3.35. The van der Waals surface area contributed by atoms with Crippen molar-refractivity contribution in [2.45, 2.75) is 44.6 Å². The molecule has 1 fully saturated rings. The summed E-state index contributed by atoms with van der Waals surface area (Å²) in [5.74, 6) is 0.946. The summed E-state index contributed by atoms with van der Waals surface area (Å²) in [4.78, 5) is 3.06. The van der Waals surface area contributed by atoms with Crippen molar-refractivity contribution in [3.63, 3.8) is 0 Å². The summed E-state index contributed by atoms with van der Waals surface area (Å²) in [5, 5.41) is 0. The molecule has 0 aromatic carbocycles. The molecular formula is C12H17NS. The van der Waals surface area contributed by atoms with Gasteiger partial charge in [-0.25, -0.2) is 0 Å². The number of thiophene rings is 1. The molecule has 14 heavy (non-hydrogen) atoms. The van der Waals surface area contributed by atoms with Crippen LogP contribution in [0.3, 0.4) is 0 Å². The van der Waals surface area contributed by atoms with Gasteiger partial charge in [0.1, 0.15) is 0 Å². The Balaban J connectivity index is 1.75. The van der Waals surface area contributed by atoms with Gasteiger partial charge in [-0.15, -0.1) is 11.3 Å². The molecule has 2 heteroatoms. The van der Waals surface area contributed by atoms with Gasteiger partial charge in [0.2, 0.25) is 0 Å². The van der Waals surface area contributed by atoms with Crippen LogP contribution in [0.1, 0.15) is 47.0 Å². The first-order valence-electron chi connectivity index (χ1n) is 5.70. The van der Waals surface area contributed by atoms with Gasteiger partial charge in [-0.3, -0.25) is 0 Å². The summed E-state index contributed by atoms with van der Waals surface area (Å²) in [6.45, 7) is 0. The van der Waals surface area contributed by atoms with Crippen LogP contribution in [0.15, 0.2) is 6.07 Å². The summed E-state index contributed by atoms with van der Waals surface area (Å²) in [6, 6.07) is 2.71. The molecule has 1 unspecified atom stereocenters. The molecule has 0 bridgehead atoms. The average molecular weight is 207 g/mol. The monoisotopic (exact) mass is 207 g/mol. The van der Waals surface area contributed by atoms with E-state index < -0.39 is 0 Å². The van der Waals surface area contributed by atoms with E-state index in [9.17, 15) is 0 Å². The zero-order valence-electron chi connectivity index (χ0n) is 8.46. The van der Waals surface area contributed by atoms with Crippen LogP contribution >= 0.6 is 11.3 Å². The van der Waals surface area contributed by atoms with E-state index in [0.717, 1.165) is 5.92 Å². The van der Waals surface area contributed by atoms with E-state index in [1.807, 2.05) is 11.3 Å². The van der Waals surface area contributed by atoms with E-state index in [4.69, 9.17) is 5.73 Å². The molecule has 2 aliphatic carbocycles. The molecule has 1 heterocycles. The molecule has 1 atom stereocenters. The van der Waals surface area contributed by atoms with Crippen LogP contribution in [0.2, 0.25) is 0 Å². The van der Waals surface area contributed by atoms with Crippen molar-refractivity contribution < 1.29 is 0 Å². The van der Waals surface area contributed by atoms with E-state index in [0.29, 0.717) is 6.04 Å². The smallest absolute Gasteiger partial charge is 0.0392 e. The van der Waals surface area contributed by atoms with Gasteiger partial charge in [0.15, 0.2) is 0 Å². The van der Waals surface area contributed by atoms with Crippen LogP contribution in [0.25, 0.3) is 0 Å². The van der Waals surface area contributed by atoms with Crippen LogP contribution < -0.4 is 5.73 Å². The van der Waals surface area contributed by atoms with Gasteiger partial charge >= 0.3 is 0 Å². The molecule has 76 valence electrons. The molecule has 1 nitrogen and oxygen atoms in total. The average Bonchev–Trinajstić information content (AvgIpc) is 2.73. The predicted molar refractivity (Wildman–Crippen MR) is 60.6 cm³/mol. The maximum atomic E-state index is 6.21. The highest BCUT2D eigenvalue weighted by Gasteiger charge is 2.26. The number of nitrogens with two attached hydrogens (primary N) is 1. The van der Waals surface area contributed by atoms with E-state index in [1.165, 1.54) is 43.4 Å². The third-order valence-electron chi connectivity index (χ3n) is 3.42. The summed E-state index contributed by atoms with van der Waals surface area (Å²) in [5.41, 5.74) is 7.80. The topological polar surface area (TPSA) is 26.0 Å². The Bertz CT molecular complexity index is 317. The summed E-state index contributed by atoms with van der Waals surface area (Å²) in [6.07, 6.45) is 8.01. The summed E-state index contributed by atoms with van der Waals surface area (Å²) >= 11 is 1.97. The lowest BCUT2D eigenvalue weighted by Crippen LogP contribution is -2.09. The predicted octanol–water partition coefficient (Wildman–Crippen LogP) is 3.04. The third-order valence-corrected chi connectivity index (χ3v) is 4.78. The molecule has 2 N–H and O–H groups in total. The Morgan fingerprint density at radius 1 is 1.43 bits per heavy atom. The second-order valence-corrected chi connectivity index (χ2v) is 5.90. The zero-order valence-corrected chi connectivity index (χ0v) is 9.28. The minimum absolute atomic E-state index is 0.332. The standard InChI is InChI=1S/C12H17NS/c13-10(6-8-4-5-8)12-7-9-2-1-3-11(9)14-12/h7-8,10H,1-6,13H2. The fourth-order valence-electron chi connectivity index (χ4n) is 2.36. The van der Waals surface area contributed by atoms with E-state index in [-0.39, 0.29) is 0 Å². The maximum absolute atomic E-state index is 6.21. The molecule has 0 aliphatic heterocycles. The maximum Gasteiger partial charge on any atom is 0.0392 e. The second-order valence-electron chi connectivity index (χ2n) is 4.74. The molecular weight excluding hydrogens is 190 g/mol. The van der Waals surface area contributed by atoms with Gasteiger partial charge < -0.3 is 5.73 Å². The van der Waals surface area contributed by atoms with Crippen molar-refractivity contribution in [2.75, 3.05) is 0 Å². The molecule has 0 spiro atoms. The molecule has 0 amide bonds. The number of hydrogen-bond donors (Lipinski definition) is 1. The van der Waals surface area contributed by atoms with Gasteiger partial charge in [0, 0.05) is 15.8 Å². The Morgan fingerprint density at radius 2 is 2.29 bits per heavy atom. The lowest BCUT2D eigenvalue weighted by Gasteiger charge is -2.07. The normalized spacial score (nSPS) is 22.4. The van der Waals surface area contributed by atoms with Gasteiger partial charge in [0.25, 0.3) is 0 Å². The first-order valence-corrected chi connectivity index (χ1v) is 6.51. The van der Waals surface area contributed by atoms with Crippen molar-refractivity contribution in [3.05, 3.63) is 21.4 Å². The van der Waals surface area contributed by atoms with Crippen LogP contribution in [0, 0.1) is 5.92 Å². The quantitative estimate of drug-likeness (QED) is 0.810. The molecule has 0 saturated heterocycles. The van der Waals surface area contributed by atoms with E-state index in [1.54, 1.807) is 10.4 Å². The van der Waals surface area contributed by atoms with Gasteiger partial charge in [-0.1, -0.05) is 12.8 Å². The van der Waals surface area contributed by atoms with Crippen molar-refractivity contribution in [3.8, 4) is 0 Å². The van der Waals surface area contributed by atoms with Gasteiger partial charge in [0.05, 0.1) is 0 Å². The third kappa shape index (κ3) is 1.61. The van der Waals surface area contributed by atoms with Crippen LogP contribution in [-0.4, -0.2) is 0 Å². The summed E-state index contributed by atoms with van der Waals surface area (Å²) in [7, 11) is 0. The van der Waals surface area contributed by atoms with Crippen molar-refractivity contribution in [1.82, 2.24) is 0 Å². The van der Waals surface area contributed by atoms with Crippen LogP contribution in [0.5, 0.6) is 0 Å². The SMILES string of the molecule is NC(CC1CC1)c1cc2c(s1)CCC2. The number of fused-ring (bicyclic) bond motifs is 1. The first kappa shape index (κ1) is 8.93. The molecule has 1 aromatic rings. The Morgan fingerprint density at radius 3 is 3.00 bits per heavy atom. The van der Waals surface area contributed by atoms with Crippen molar-refractivity contribution in [2.24, 2.45) is 11.7 Å². The fourth-order valence-corrected chi connectivity index (χ4v) is 3.64. The number of rotatable bonds is 3. The zero-order chi connectivity index (χ0) is 9.54. The van der Waals surface area contributed by atoms with E-state index in [2.05, 4.69) is 6.07 Å². The van der Waals surface area contributed by atoms with E-state index >= 15 is 0 Å². The highest BCUT2D eigenvalue weighted by Crippen LogP contribution is 2.40. The molecule has 1 aromatic heterocycles. The fraction of sp³-hybridized carbons (Fsp3) is 0.667. The highest BCUT2D eigenvalue weighted by atomic mass is 32.1. The number of aryl methyl sites for hydroxylation is 2. The first-order chi connectivity index (χ1) is 6.83. The molecule has 2 aliphatic rings. The Kier molecular flexibility index (Phi) is 2.14.